The van der Waals surface area contributed by atoms with Crippen LogP contribution in [0.1, 0.15) is 5.56 Å². The second-order valence-corrected chi connectivity index (χ2v) is 5.35. The minimum absolute atomic E-state index is 0.0554. The molecule has 1 heterocycles. The molecule has 2 aromatic carbocycles. The number of aromatic nitrogens is 1. The van der Waals surface area contributed by atoms with Crippen molar-refractivity contribution >= 4 is 22.1 Å². The highest BCUT2D eigenvalue weighted by Crippen LogP contribution is 2.30. The number of hydrogen-bond donors (Lipinski definition) is 1. The van der Waals surface area contributed by atoms with Gasteiger partial charge in [-0.1, -0.05) is 18.2 Å². The number of para-hydroxylation sites is 1. The number of pyridine rings is 1. The monoisotopic (exact) mass is 323 g/mol. The van der Waals surface area contributed by atoms with Crippen LogP contribution in [0.2, 0.25) is 0 Å². The fourth-order valence-electron chi connectivity index (χ4n) is 2.55. The van der Waals surface area contributed by atoms with Crippen molar-refractivity contribution in [3.05, 3.63) is 70.5 Å². The molecule has 1 aromatic heterocycles. The third kappa shape index (κ3) is 3.27. The highest BCUT2D eigenvalue weighted by Gasteiger charge is 2.14. The Labute approximate surface area is 139 Å². The lowest BCUT2D eigenvalue weighted by molar-refractivity contribution is -0.383. The van der Waals surface area contributed by atoms with Crippen LogP contribution in [0.4, 0.5) is 11.4 Å². The molecule has 6 heteroatoms. The van der Waals surface area contributed by atoms with E-state index in [2.05, 4.69) is 10.3 Å². The predicted octanol–water partition coefficient (Wildman–Crippen LogP) is 3.94. The quantitative estimate of drug-likeness (QED) is 0.422. The number of benzene rings is 2. The maximum Gasteiger partial charge on any atom is 0.278 e. The number of nitro benzene ring substituents is 1. The van der Waals surface area contributed by atoms with Crippen LogP contribution < -0.4 is 10.1 Å². The largest absolute Gasteiger partial charge is 0.491 e. The van der Waals surface area contributed by atoms with Crippen LogP contribution in [0.25, 0.3) is 10.8 Å². The second kappa shape index (κ2) is 6.95. The van der Waals surface area contributed by atoms with Crippen molar-refractivity contribution in [2.24, 2.45) is 0 Å². The maximum absolute atomic E-state index is 11.1. The summed E-state index contributed by atoms with van der Waals surface area (Å²) in [5.41, 5.74) is 1.97. The Kier molecular flexibility index (Phi) is 4.56. The molecular weight excluding hydrogens is 306 g/mol. The standard InChI is InChI=1S/C18H17N3O3/c1-13-4-2-3-5-18(13)24-11-10-20-16-6-7-17(21(22)23)15-12-19-9-8-14(15)16/h2-9,12,20H,10-11H2,1H3. The van der Waals surface area contributed by atoms with Crippen LogP contribution in [0, 0.1) is 17.0 Å². The summed E-state index contributed by atoms with van der Waals surface area (Å²) in [6.07, 6.45) is 3.14. The Morgan fingerprint density at radius 1 is 1.17 bits per heavy atom. The average molecular weight is 323 g/mol. The van der Waals surface area contributed by atoms with E-state index in [1.165, 1.54) is 12.3 Å². The molecule has 3 aromatic rings. The molecule has 0 atom stereocenters. The van der Waals surface area contributed by atoms with Gasteiger partial charge in [-0.15, -0.1) is 0 Å². The van der Waals surface area contributed by atoms with Crippen molar-refractivity contribution in [1.82, 2.24) is 4.98 Å². The fourth-order valence-corrected chi connectivity index (χ4v) is 2.55. The molecule has 0 radical (unpaired) electrons. The molecule has 122 valence electrons. The minimum atomic E-state index is -0.394. The Balaban J connectivity index is 1.71. The Hall–Kier alpha value is -3.15. The molecule has 3 rings (SSSR count). The molecule has 0 spiro atoms. The molecule has 0 amide bonds. The first-order chi connectivity index (χ1) is 11.7. The summed E-state index contributed by atoms with van der Waals surface area (Å²) in [4.78, 5) is 14.7. The van der Waals surface area contributed by atoms with Crippen LogP contribution in [0.5, 0.6) is 5.75 Å². The third-order valence-corrected chi connectivity index (χ3v) is 3.76. The van der Waals surface area contributed by atoms with Gasteiger partial charge >= 0.3 is 0 Å². The molecule has 0 saturated heterocycles. The molecule has 6 nitrogen and oxygen atoms in total. The zero-order chi connectivity index (χ0) is 16.9. The predicted molar refractivity (Wildman–Crippen MR) is 93.6 cm³/mol. The summed E-state index contributed by atoms with van der Waals surface area (Å²) in [7, 11) is 0. The molecule has 0 bridgehead atoms. The van der Waals surface area contributed by atoms with E-state index >= 15 is 0 Å². The van der Waals surface area contributed by atoms with Gasteiger partial charge in [-0.3, -0.25) is 15.1 Å². The smallest absolute Gasteiger partial charge is 0.278 e. The van der Waals surface area contributed by atoms with Crippen LogP contribution in [-0.2, 0) is 0 Å². The second-order valence-electron chi connectivity index (χ2n) is 5.35. The van der Waals surface area contributed by atoms with Gasteiger partial charge < -0.3 is 10.1 Å². The highest BCUT2D eigenvalue weighted by atomic mass is 16.6. The normalized spacial score (nSPS) is 10.5. The van der Waals surface area contributed by atoms with E-state index in [-0.39, 0.29) is 5.69 Å². The lowest BCUT2D eigenvalue weighted by atomic mass is 10.1. The number of nitrogens with zero attached hydrogens (tertiary/aromatic N) is 2. The molecular formula is C18H17N3O3. The Bertz CT molecular complexity index is 880. The Morgan fingerprint density at radius 3 is 2.79 bits per heavy atom. The fraction of sp³-hybridized carbons (Fsp3) is 0.167. The van der Waals surface area contributed by atoms with Gasteiger partial charge in [0.15, 0.2) is 0 Å². The first-order valence-corrected chi connectivity index (χ1v) is 7.60. The van der Waals surface area contributed by atoms with Crippen molar-refractivity contribution in [1.29, 1.82) is 0 Å². The van der Waals surface area contributed by atoms with Gasteiger partial charge in [0.05, 0.1) is 10.3 Å². The van der Waals surface area contributed by atoms with E-state index in [0.717, 1.165) is 22.4 Å². The summed E-state index contributed by atoms with van der Waals surface area (Å²) in [5.74, 6) is 0.858. The minimum Gasteiger partial charge on any atom is -0.491 e. The number of ether oxygens (including phenoxy) is 1. The molecule has 0 aliphatic carbocycles. The number of non-ortho nitro benzene ring substituents is 1. The van der Waals surface area contributed by atoms with Gasteiger partial charge in [0.25, 0.3) is 5.69 Å². The lowest BCUT2D eigenvalue weighted by Crippen LogP contribution is -2.12. The topological polar surface area (TPSA) is 77.3 Å². The van der Waals surface area contributed by atoms with Gasteiger partial charge in [0, 0.05) is 36.1 Å². The van der Waals surface area contributed by atoms with Crippen LogP contribution in [0.3, 0.4) is 0 Å². The number of rotatable bonds is 6. The molecule has 1 N–H and O–H groups in total. The van der Waals surface area contributed by atoms with Gasteiger partial charge in [0.1, 0.15) is 12.4 Å². The van der Waals surface area contributed by atoms with Gasteiger partial charge in [-0.2, -0.15) is 0 Å². The summed E-state index contributed by atoms with van der Waals surface area (Å²) < 4.78 is 5.75. The number of nitro groups is 1. The van der Waals surface area contributed by atoms with Crippen LogP contribution >= 0.6 is 0 Å². The number of hydrogen-bond acceptors (Lipinski definition) is 5. The summed E-state index contributed by atoms with van der Waals surface area (Å²) in [6, 6.07) is 12.8. The molecule has 0 aliphatic rings. The first kappa shape index (κ1) is 15.7. The Morgan fingerprint density at radius 2 is 2.00 bits per heavy atom. The van der Waals surface area contributed by atoms with Gasteiger partial charge in [0.2, 0.25) is 0 Å². The van der Waals surface area contributed by atoms with Gasteiger partial charge in [-0.25, -0.2) is 0 Å². The van der Waals surface area contributed by atoms with Gasteiger partial charge in [-0.05, 0) is 30.7 Å². The molecule has 0 aliphatic heterocycles. The number of nitrogens with one attached hydrogen (secondary N) is 1. The zero-order valence-corrected chi connectivity index (χ0v) is 13.2. The average Bonchev–Trinajstić information content (AvgIpc) is 2.59. The van der Waals surface area contributed by atoms with Crippen molar-refractivity contribution in [2.45, 2.75) is 6.92 Å². The zero-order valence-electron chi connectivity index (χ0n) is 13.2. The molecule has 0 fully saturated rings. The van der Waals surface area contributed by atoms with Crippen LogP contribution in [0.15, 0.2) is 54.9 Å². The van der Waals surface area contributed by atoms with Crippen LogP contribution in [-0.4, -0.2) is 23.1 Å². The number of aryl methyl sites for hydroxylation is 1. The summed E-state index contributed by atoms with van der Waals surface area (Å²) >= 11 is 0. The first-order valence-electron chi connectivity index (χ1n) is 7.60. The van der Waals surface area contributed by atoms with Crippen molar-refractivity contribution in [3.63, 3.8) is 0 Å². The maximum atomic E-state index is 11.1. The highest BCUT2D eigenvalue weighted by molar-refractivity contribution is 5.99. The van der Waals surface area contributed by atoms with E-state index in [9.17, 15) is 10.1 Å². The van der Waals surface area contributed by atoms with E-state index in [1.54, 1.807) is 18.3 Å². The van der Waals surface area contributed by atoms with Crippen molar-refractivity contribution in [2.75, 3.05) is 18.5 Å². The number of anilines is 1. The van der Waals surface area contributed by atoms with E-state index in [1.807, 2.05) is 31.2 Å². The van der Waals surface area contributed by atoms with E-state index in [4.69, 9.17) is 4.74 Å². The SMILES string of the molecule is Cc1ccccc1OCCNc1ccc([N+](=O)[O-])c2cnccc12. The van der Waals surface area contributed by atoms with E-state index in [0.29, 0.717) is 18.5 Å². The van der Waals surface area contributed by atoms with Crippen molar-refractivity contribution < 1.29 is 9.66 Å². The van der Waals surface area contributed by atoms with Crippen molar-refractivity contribution in [3.8, 4) is 5.75 Å². The van der Waals surface area contributed by atoms with E-state index < -0.39 is 4.92 Å². The molecule has 0 unspecified atom stereocenters. The molecule has 0 saturated carbocycles. The third-order valence-electron chi connectivity index (χ3n) is 3.76. The lowest BCUT2D eigenvalue weighted by Gasteiger charge is -2.12. The summed E-state index contributed by atoms with van der Waals surface area (Å²) in [6.45, 7) is 3.08. The summed E-state index contributed by atoms with van der Waals surface area (Å²) in [5, 5.41) is 15.7. The number of fused-ring (bicyclic) bond motifs is 1. The molecule has 24 heavy (non-hydrogen) atoms.